The zero-order valence-corrected chi connectivity index (χ0v) is 11.6. The average Bonchev–Trinajstić information content (AvgIpc) is 2.94. The predicted octanol–water partition coefficient (Wildman–Crippen LogP) is 2.33. The van der Waals surface area contributed by atoms with Gasteiger partial charge in [0.1, 0.15) is 0 Å². The van der Waals surface area contributed by atoms with Gasteiger partial charge in [0.2, 0.25) is 0 Å². The van der Waals surface area contributed by atoms with Crippen LogP contribution in [0.4, 0.5) is 0 Å². The van der Waals surface area contributed by atoms with Crippen molar-refractivity contribution >= 4 is 0 Å². The standard InChI is InChI=1S/C16H21N3O/c17-12-16(8-4-1-5-9-16)13-6-2-3-7-14(13)19-11-10-18-15(19)20/h2-3,6-7,10-11H,1,4-5,8-9,12,17H2,(H,18,20). The second kappa shape index (κ2) is 5.29. The van der Waals surface area contributed by atoms with Crippen LogP contribution in [0, 0.1) is 0 Å². The number of rotatable bonds is 3. The van der Waals surface area contributed by atoms with Gasteiger partial charge in [-0.2, -0.15) is 0 Å². The van der Waals surface area contributed by atoms with Crippen LogP contribution in [0.1, 0.15) is 37.7 Å². The first-order valence-corrected chi connectivity index (χ1v) is 7.33. The van der Waals surface area contributed by atoms with Crippen LogP contribution in [0.25, 0.3) is 5.69 Å². The number of nitrogens with one attached hydrogen (secondary N) is 1. The Morgan fingerprint density at radius 1 is 1.20 bits per heavy atom. The van der Waals surface area contributed by atoms with Crippen molar-refractivity contribution in [1.82, 2.24) is 9.55 Å². The Morgan fingerprint density at radius 2 is 1.95 bits per heavy atom. The van der Waals surface area contributed by atoms with Crippen LogP contribution in [-0.2, 0) is 5.41 Å². The lowest BCUT2D eigenvalue weighted by Crippen LogP contribution is -2.38. The summed E-state index contributed by atoms with van der Waals surface area (Å²) in [6.07, 6.45) is 9.40. The van der Waals surface area contributed by atoms with E-state index in [9.17, 15) is 4.79 Å². The van der Waals surface area contributed by atoms with Crippen LogP contribution >= 0.6 is 0 Å². The highest BCUT2D eigenvalue weighted by Gasteiger charge is 2.34. The zero-order valence-electron chi connectivity index (χ0n) is 11.6. The fraction of sp³-hybridized carbons (Fsp3) is 0.438. The SMILES string of the molecule is NCC1(c2ccccc2-n2cc[nH]c2=O)CCCCC1. The van der Waals surface area contributed by atoms with Crippen molar-refractivity contribution in [3.63, 3.8) is 0 Å². The average molecular weight is 271 g/mol. The minimum absolute atomic E-state index is 0.0194. The predicted molar refractivity (Wildman–Crippen MR) is 80.2 cm³/mol. The Bertz CT molecular complexity index is 635. The highest BCUT2D eigenvalue weighted by molar-refractivity contribution is 5.46. The molecule has 3 N–H and O–H groups in total. The first kappa shape index (κ1) is 13.2. The molecule has 1 aromatic heterocycles. The third kappa shape index (κ3) is 2.10. The van der Waals surface area contributed by atoms with Gasteiger partial charge in [0.15, 0.2) is 0 Å². The molecule has 1 aliphatic rings. The second-order valence-electron chi connectivity index (χ2n) is 5.70. The van der Waals surface area contributed by atoms with Crippen molar-refractivity contribution in [2.45, 2.75) is 37.5 Å². The van der Waals surface area contributed by atoms with Gasteiger partial charge in [0.05, 0.1) is 5.69 Å². The molecule has 0 amide bonds. The van der Waals surface area contributed by atoms with Crippen molar-refractivity contribution in [2.75, 3.05) is 6.54 Å². The third-order valence-corrected chi connectivity index (χ3v) is 4.59. The Hall–Kier alpha value is -1.81. The van der Waals surface area contributed by atoms with Gasteiger partial charge < -0.3 is 10.7 Å². The highest BCUT2D eigenvalue weighted by atomic mass is 16.1. The number of imidazole rings is 1. The van der Waals surface area contributed by atoms with Gasteiger partial charge in [-0.05, 0) is 24.5 Å². The number of benzene rings is 1. The summed E-state index contributed by atoms with van der Waals surface area (Å²) in [6, 6.07) is 8.16. The number of para-hydroxylation sites is 1. The molecule has 3 rings (SSSR count). The fourth-order valence-electron chi connectivity index (χ4n) is 3.45. The monoisotopic (exact) mass is 271 g/mol. The number of nitrogens with zero attached hydrogens (tertiary/aromatic N) is 1. The molecule has 0 saturated heterocycles. The molecule has 0 atom stereocenters. The lowest BCUT2D eigenvalue weighted by Gasteiger charge is -2.38. The fourth-order valence-corrected chi connectivity index (χ4v) is 3.45. The van der Waals surface area contributed by atoms with Crippen LogP contribution < -0.4 is 11.4 Å². The zero-order chi connectivity index (χ0) is 14.0. The maximum Gasteiger partial charge on any atom is 0.330 e. The van der Waals surface area contributed by atoms with Gasteiger partial charge in [0.25, 0.3) is 0 Å². The Labute approximate surface area is 118 Å². The van der Waals surface area contributed by atoms with E-state index in [4.69, 9.17) is 5.73 Å². The van der Waals surface area contributed by atoms with E-state index in [0.717, 1.165) is 18.5 Å². The van der Waals surface area contributed by atoms with Crippen LogP contribution in [0.3, 0.4) is 0 Å². The van der Waals surface area contributed by atoms with Crippen LogP contribution in [0.5, 0.6) is 0 Å². The highest BCUT2D eigenvalue weighted by Crippen LogP contribution is 2.40. The molecule has 0 bridgehead atoms. The van der Waals surface area contributed by atoms with Crippen molar-refractivity contribution in [3.05, 3.63) is 52.7 Å². The Balaban J connectivity index is 2.14. The number of hydrogen-bond donors (Lipinski definition) is 2. The van der Waals surface area contributed by atoms with E-state index < -0.39 is 0 Å². The Morgan fingerprint density at radius 3 is 2.60 bits per heavy atom. The maximum atomic E-state index is 11.9. The summed E-state index contributed by atoms with van der Waals surface area (Å²) in [5, 5.41) is 0. The van der Waals surface area contributed by atoms with Crippen molar-refractivity contribution < 1.29 is 0 Å². The Kier molecular flexibility index (Phi) is 3.49. The lowest BCUT2D eigenvalue weighted by atomic mass is 9.69. The van der Waals surface area contributed by atoms with E-state index >= 15 is 0 Å². The van der Waals surface area contributed by atoms with E-state index in [2.05, 4.69) is 11.1 Å². The summed E-state index contributed by atoms with van der Waals surface area (Å²) in [6.45, 7) is 0.642. The summed E-state index contributed by atoms with van der Waals surface area (Å²) in [7, 11) is 0. The molecule has 4 nitrogen and oxygen atoms in total. The van der Waals surface area contributed by atoms with Gasteiger partial charge >= 0.3 is 5.69 Å². The van der Waals surface area contributed by atoms with Gasteiger partial charge in [-0.1, -0.05) is 37.5 Å². The van der Waals surface area contributed by atoms with E-state index in [-0.39, 0.29) is 11.1 Å². The molecule has 0 unspecified atom stereocenters. The van der Waals surface area contributed by atoms with E-state index in [0.29, 0.717) is 6.54 Å². The van der Waals surface area contributed by atoms with Crippen LogP contribution in [0.15, 0.2) is 41.5 Å². The normalized spacial score (nSPS) is 18.1. The smallest absolute Gasteiger partial charge is 0.330 e. The lowest BCUT2D eigenvalue weighted by molar-refractivity contribution is 0.300. The van der Waals surface area contributed by atoms with E-state index in [1.165, 1.54) is 24.8 Å². The number of aromatic nitrogens is 2. The molecule has 0 aliphatic heterocycles. The molecule has 1 heterocycles. The van der Waals surface area contributed by atoms with Gasteiger partial charge in [-0.3, -0.25) is 4.57 Å². The minimum Gasteiger partial charge on any atom is -0.330 e. The molecule has 0 radical (unpaired) electrons. The first-order chi connectivity index (χ1) is 9.77. The summed E-state index contributed by atoms with van der Waals surface area (Å²) in [5.74, 6) is 0. The molecule has 20 heavy (non-hydrogen) atoms. The van der Waals surface area contributed by atoms with Crippen LogP contribution in [-0.4, -0.2) is 16.1 Å². The van der Waals surface area contributed by atoms with Gasteiger partial charge in [-0.15, -0.1) is 0 Å². The number of nitrogens with two attached hydrogens (primary N) is 1. The van der Waals surface area contributed by atoms with E-state index in [1.54, 1.807) is 17.0 Å². The molecule has 0 spiro atoms. The second-order valence-corrected chi connectivity index (χ2v) is 5.70. The molecule has 4 heteroatoms. The summed E-state index contributed by atoms with van der Waals surface area (Å²) >= 11 is 0. The molecular formula is C16H21N3O. The third-order valence-electron chi connectivity index (χ3n) is 4.59. The quantitative estimate of drug-likeness (QED) is 0.900. The molecule has 1 fully saturated rings. The summed E-state index contributed by atoms with van der Waals surface area (Å²) in [5.41, 5.74) is 8.23. The van der Waals surface area contributed by atoms with Gasteiger partial charge in [-0.25, -0.2) is 4.79 Å². The van der Waals surface area contributed by atoms with Gasteiger partial charge in [0, 0.05) is 24.4 Å². The molecule has 106 valence electrons. The maximum absolute atomic E-state index is 11.9. The van der Waals surface area contributed by atoms with E-state index in [1.807, 2.05) is 18.2 Å². The van der Waals surface area contributed by atoms with Crippen molar-refractivity contribution in [3.8, 4) is 5.69 Å². The number of aromatic amines is 1. The summed E-state index contributed by atoms with van der Waals surface area (Å²) in [4.78, 5) is 14.6. The minimum atomic E-state index is -0.0968. The summed E-state index contributed by atoms with van der Waals surface area (Å²) < 4.78 is 1.68. The largest absolute Gasteiger partial charge is 0.330 e. The number of H-pyrrole nitrogens is 1. The topological polar surface area (TPSA) is 63.8 Å². The molecule has 1 saturated carbocycles. The van der Waals surface area contributed by atoms with Crippen LogP contribution in [0.2, 0.25) is 0 Å². The molecule has 2 aromatic rings. The molecule has 1 aliphatic carbocycles. The van der Waals surface area contributed by atoms with Crippen molar-refractivity contribution in [2.24, 2.45) is 5.73 Å². The number of hydrogen-bond acceptors (Lipinski definition) is 2. The van der Waals surface area contributed by atoms with Crippen molar-refractivity contribution in [1.29, 1.82) is 0 Å². The molecular weight excluding hydrogens is 250 g/mol. The first-order valence-electron chi connectivity index (χ1n) is 7.33. The molecule has 1 aromatic carbocycles.